The first-order chi connectivity index (χ1) is 16.9. The van der Waals surface area contributed by atoms with Crippen LogP contribution in [-0.4, -0.2) is 67.5 Å². The van der Waals surface area contributed by atoms with Crippen LogP contribution < -0.4 is 0 Å². The molecular weight excluding hydrogens is 529 g/mol. The first-order valence-corrected chi connectivity index (χ1v) is 13.2. The molecule has 0 radical (unpaired) electrons. The van der Waals surface area contributed by atoms with Crippen LogP contribution >= 0.6 is 0 Å². The van der Waals surface area contributed by atoms with E-state index in [1.165, 1.54) is 10.4 Å². The SMILES string of the molecule is CC(C)c1cc(CN2CCN(S(C)(=O)=O)CC2)cc(F)c1-c1ccc(C(O)(C(F)(F)F)C(F)(F)F)cc1. The predicted octanol–water partition coefficient (Wildman–Crippen LogP) is 5.01. The topological polar surface area (TPSA) is 60.9 Å². The Balaban J connectivity index is 1.92. The summed E-state index contributed by atoms with van der Waals surface area (Å²) in [5.41, 5.74) is -5.30. The van der Waals surface area contributed by atoms with E-state index in [4.69, 9.17) is 0 Å². The fourth-order valence-electron chi connectivity index (χ4n) is 4.38. The summed E-state index contributed by atoms with van der Waals surface area (Å²) in [5, 5.41) is 9.60. The van der Waals surface area contributed by atoms with E-state index < -0.39 is 39.4 Å². The summed E-state index contributed by atoms with van der Waals surface area (Å²) in [6, 6.07) is 5.81. The van der Waals surface area contributed by atoms with E-state index in [1.807, 2.05) is 4.90 Å². The van der Waals surface area contributed by atoms with E-state index in [-0.39, 0.29) is 17.0 Å². The van der Waals surface area contributed by atoms with Gasteiger partial charge in [-0.1, -0.05) is 44.2 Å². The van der Waals surface area contributed by atoms with Gasteiger partial charge in [0.15, 0.2) is 0 Å². The average Bonchev–Trinajstić information content (AvgIpc) is 2.76. The van der Waals surface area contributed by atoms with E-state index >= 15 is 4.39 Å². The van der Waals surface area contributed by atoms with Crippen LogP contribution in [-0.2, 0) is 22.2 Å². The van der Waals surface area contributed by atoms with Crippen molar-refractivity contribution in [3.05, 3.63) is 58.9 Å². The largest absolute Gasteiger partial charge is 0.430 e. The lowest BCUT2D eigenvalue weighted by Gasteiger charge is -2.33. The Morgan fingerprint density at radius 2 is 1.43 bits per heavy atom. The maximum atomic E-state index is 15.3. The number of halogens is 7. The maximum absolute atomic E-state index is 15.3. The number of aliphatic hydroxyl groups is 1. The molecule has 1 fully saturated rings. The van der Waals surface area contributed by atoms with Gasteiger partial charge in [0.25, 0.3) is 5.60 Å². The Hall–Kier alpha value is -2.22. The number of piperazine rings is 1. The van der Waals surface area contributed by atoms with Crippen molar-refractivity contribution in [2.45, 2.75) is 44.3 Å². The number of hydrogen-bond acceptors (Lipinski definition) is 4. The zero-order chi connectivity index (χ0) is 28.0. The van der Waals surface area contributed by atoms with Crippen LogP contribution in [0.15, 0.2) is 36.4 Å². The van der Waals surface area contributed by atoms with E-state index in [0.717, 1.165) is 18.4 Å². The molecule has 1 heterocycles. The zero-order valence-electron chi connectivity index (χ0n) is 20.3. The minimum atomic E-state index is -6.02. The number of rotatable bonds is 6. The van der Waals surface area contributed by atoms with Gasteiger partial charge >= 0.3 is 12.4 Å². The molecule has 206 valence electrons. The molecule has 3 rings (SSSR count). The quantitative estimate of drug-likeness (QED) is 0.509. The normalized spacial score (nSPS) is 17.0. The Morgan fingerprint density at radius 1 is 0.919 bits per heavy atom. The number of alkyl halides is 6. The van der Waals surface area contributed by atoms with Crippen molar-refractivity contribution in [3.63, 3.8) is 0 Å². The Morgan fingerprint density at radius 3 is 1.86 bits per heavy atom. The van der Waals surface area contributed by atoms with Crippen LogP contribution in [0.25, 0.3) is 11.1 Å². The minimum absolute atomic E-state index is 0.0368. The highest BCUT2D eigenvalue weighted by Crippen LogP contribution is 2.50. The molecule has 0 atom stereocenters. The number of benzene rings is 2. The summed E-state index contributed by atoms with van der Waals surface area (Å²) >= 11 is 0. The Bertz CT molecular complexity index is 1200. The highest BCUT2D eigenvalue weighted by Gasteiger charge is 2.71. The maximum Gasteiger partial charge on any atom is 0.430 e. The summed E-state index contributed by atoms with van der Waals surface area (Å²) < 4.78 is 119. The predicted molar refractivity (Wildman–Crippen MR) is 124 cm³/mol. The minimum Gasteiger partial charge on any atom is -0.369 e. The van der Waals surface area contributed by atoms with E-state index in [2.05, 4.69) is 0 Å². The van der Waals surface area contributed by atoms with Gasteiger partial charge in [-0.2, -0.15) is 30.6 Å². The lowest BCUT2D eigenvalue weighted by atomic mass is 9.87. The summed E-state index contributed by atoms with van der Waals surface area (Å²) in [4.78, 5) is 1.96. The van der Waals surface area contributed by atoms with Gasteiger partial charge < -0.3 is 5.11 Å². The third kappa shape index (κ3) is 5.94. The third-order valence-corrected chi connectivity index (χ3v) is 7.72. The molecule has 0 aromatic heterocycles. The van der Waals surface area contributed by atoms with Crippen molar-refractivity contribution in [1.82, 2.24) is 9.21 Å². The van der Waals surface area contributed by atoms with Gasteiger partial charge in [0.1, 0.15) is 5.82 Å². The molecule has 0 aliphatic carbocycles. The smallest absolute Gasteiger partial charge is 0.369 e. The fraction of sp³-hybridized carbons (Fsp3) is 0.500. The van der Waals surface area contributed by atoms with Crippen LogP contribution in [0.3, 0.4) is 0 Å². The lowest BCUT2D eigenvalue weighted by Crippen LogP contribution is -2.53. The molecule has 2 aromatic carbocycles. The van der Waals surface area contributed by atoms with Crippen LogP contribution in [0.4, 0.5) is 30.7 Å². The van der Waals surface area contributed by atoms with Crippen LogP contribution in [0, 0.1) is 5.82 Å². The van der Waals surface area contributed by atoms with Crippen molar-refractivity contribution in [1.29, 1.82) is 0 Å². The van der Waals surface area contributed by atoms with Crippen molar-refractivity contribution in [2.75, 3.05) is 32.4 Å². The van der Waals surface area contributed by atoms with Crippen molar-refractivity contribution < 1.29 is 44.3 Å². The second kappa shape index (κ2) is 10.2. The highest BCUT2D eigenvalue weighted by molar-refractivity contribution is 7.88. The van der Waals surface area contributed by atoms with E-state index in [9.17, 15) is 39.9 Å². The van der Waals surface area contributed by atoms with Gasteiger partial charge in [-0.15, -0.1) is 0 Å². The van der Waals surface area contributed by atoms with Crippen LogP contribution in [0.2, 0.25) is 0 Å². The second-order valence-electron chi connectivity index (χ2n) is 9.42. The average molecular weight is 557 g/mol. The van der Waals surface area contributed by atoms with Gasteiger partial charge in [-0.05, 0) is 28.7 Å². The lowest BCUT2D eigenvalue weighted by molar-refractivity contribution is -0.376. The molecule has 37 heavy (non-hydrogen) atoms. The zero-order valence-corrected chi connectivity index (χ0v) is 21.1. The van der Waals surface area contributed by atoms with Gasteiger partial charge in [0, 0.05) is 43.9 Å². The monoisotopic (exact) mass is 556 g/mol. The summed E-state index contributed by atoms with van der Waals surface area (Å²) in [6.45, 7) is 5.35. The Labute approximate surface area is 210 Å². The summed E-state index contributed by atoms with van der Waals surface area (Å²) in [7, 11) is -3.31. The number of nitrogens with zero attached hydrogens (tertiary/aromatic N) is 2. The van der Waals surface area contributed by atoms with Crippen molar-refractivity contribution in [2.24, 2.45) is 0 Å². The molecule has 0 unspecified atom stereocenters. The first-order valence-electron chi connectivity index (χ1n) is 11.3. The molecule has 5 nitrogen and oxygen atoms in total. The van der Waals surface area contributed by atoms with E-state index in [0.29, 0.717) is 56.0 Å². The molecule has 1 N–H and O–H groups in total. The van der Waals surface area contributed by atoms with Crippen molar-refractivity contribution in [3.8, 4) is 11.1 Å². The molecule has 1 saturated heterocycles. The van der Waals surface area contributed by atoms with Gasteiger partial charge in [-0.3, -0.25) is 4.90 Å². The number of sulfonamides is 1. The second-order valence-corrected chi connectivity index (χ2v) is 11.4. The first kappa shape index (κ1) is 29.3. The van der Waals surface area contributed by atoms with E-state index in [1.54, 1.807) is 19.9 Å². The third-order valence-electron chi connectivity index (χ3n) is 6.42. The standard InChI is InChI=1S/C24H27F7N2O3S/c1-15(2)19-12-16(14-32-8-10-33(11-9-32)37(3,35)36)13-20(25)21(19)17-4-6-18(7-5-17)22(34,23(26,27)28)24(29,30)31/h4-7,12-13,15,34H,8-11,14H2,1-3H3. The molecule has 0 spiro atoms. The summed E-state index contributed by atoms with van der Waals surface area (Å²) in [6.07, 6.45) is -10.9. The highest BCUT2D eigenvalue weighted by atomic mass is 32.2. The Kier molecular flexibility index (Phi) is 8.05. The van der Waals surface area contributed by atoms with Gasteiger partial charge in [0.2, 0.25) is 10.0 Å². The molecular formula is C24H27F7N2O3S. The molecule has 0 bridgehead atoms. The van der Waals surface area contributed by atoms with Crippen LogP contribution in [0.1, 0.15) is 36.5 Å². The summed E-state index contributed by atoms with van der Waals surface area (Å²) in [5.74, 6) is -0.945. The molecule has 0 saturated carbocycles. The van der Waals surface area contributed by atoms with Crippen LogP contribution in [0.5, 0.6) is 0 Å². The van der Waals surface area contributed by atoms with Gasteiger partial charge in [0.05, 0.1) is 6.26 Å². The molecule has 2 aromatic rings. The van der Waals surface area contributed by atoms with Gasteiger partial charge in [-0.25, -0.2) is 12.8 Å². The number of hydrogen-bond donors (Lipinski definition) is 1. The fourth-order valence-corrected chi connectivity index (χ4v) is 5.21. The molecule has 1 aliphatic rings. The molecule has 1 aliphatic heterocycles. The molecule has 13 heteroatoms. The molecule has 0 amide bonds. The van der Waals surface area contributed by atoms with Crippen molar-refractivity contribution >= 4 is 10.0 Å².